The second-order valence-corrected chi connectivity index (χ2v) is 6.17. The summed E-state index contributed by atoms with van der Waals surface area (Å²) in [6.07, 6.45) is 1.07. The van der Waals surface area contributed by atoms with E-state index in [0.717, 1.165) is 62.9 Å². The van der Waals surface area contributed by atoms with Crippen molar-refractivity contribution in [3.63, 3.8) is 0 Å². The molecule has 0 aliphatic carbocycles. The monoisotopic (exact) mass is 327 g/mol. The van der Waals surface area contributed by atoms with Gasteiger partial charge in [0.2, 0.25) is 0 Å². The Kier molecular flexibility index (Phi) is 5.72. The largest absolute Gasteiger partial charge is 0.379 e. The van der Waals surface area contributed by atoms with Crippen molar-refractivity contribution in [1.29, 1.82) is 0 Å². The summed E-state index contributed by atoms with van der Waals surface area (Å²) in [6, 6.07) is 8.18. The first-order valence-corrected chi connectivity index (χ1v) is 8.55. The number of hydrogen-bond donors (Lipinski definition) is 1. The molecule has 0 radical (unpaired) electrons. The van der Waals surface area contributed by atoms with Crippen LogP contribution in [0, 0.1) is 13.8 Å². The molecule has 1 aromatic heterocycles. The maximum atomic E-state index is 5.37. The molecule has 1 aromatic carbocycles. The fraction of sp³-hybridized carbons (Fsp3) is 0.500. The fourth-order valence-corrected chi connectivity index (χ4v) is 2.79. The third-order valence-electron chi connectivity index (χ3n) is 4.18. The van der Waals surface area contributed by atoms with Gasteiger partial charge in [0, 0.05) is 25.2 Å². The van der Waals surface area contributed by atoms with Crippen LogP contribution in [-0.4, -0.2) is 59.5 Å². The van der Waals surface area contributed by atoms with Crippen molar-refractivity contribution < 1.29 is 4.74 Å². The molecule has 2 aromatic rings. The van der Waals surface area contributed by atoms with Crippen molar-refractivity contribution in [3.8, 4) is 11.4 Å². The van der Waals surface area contributed by atoms with Crippen LogP contribution < -0.4 is 5.32 Å². The van der Waals surface area contributed by atoms with E-state index in [1.165, 1.54) is 5.56 Å². The average molecular weight is 327 g/mol. The summed E-state index contributed by atoms with van der Waals surface area (Å²) in [7, 11) is 0. The van der Waals surface area contributed by atoms with Gasteiger partial charge in [0.05, 0.1) is 13.2 Å². The number of ether oxygens (including phenoxy) is 1. The van der Waals surface area contributed by atoms with E-state index in [4.69, 9.17) is 4.74 Å². The van der Waals surface area contributed by atoms with Crippen molar-refractivity contribution in [3.05, 3.63) is 35.5 Å². The predicted octanol–water partition coefficient (Wildman–Crippen LogP) is 2.29. The highest BCUT2D eigenvalue weighted by molar-refractivity contribution is 5.57. The highest BCUT2D eigenvalue weighted by atomic mass is 16.5. The molecule has 3 rings (SSSR count). The van der Waals surface area contributed by atoms with Crippen LogP contribution in [0.2, 0.25) is 0 Å². The van der Waals surface area contributed by atoms with Crippen LogP contribution in [0.15, 0.2) is 24.3 Å². The Morgan fingerprint density at radius 3 is 2.79 bits per heavy atom. The van der Waals surface area contributed by atoms with Crippen LogP contribution in [0.25, 0.3) is 11.4 Å². The number of nitrogens with one attached hydrogen (secondary N) is 1. The van der Waals surface area contributed by atoms with Crippen molar-refractivity contribution in [2.24, 2.45) is 0 Å². The number of nitrogens with zero attached hydrogens (tertiary/aromatic N) is 4. The van der Waals surface area contributed by atoms with E-state index in [2.05, 4.69) is 44.5 Å². The first-order valence-electron chi connectivity index (χ1n) is 8.55. The molecule has 1 saturated heterocycles. The lowest BCUT2D eigenvalue weighted by Gasteiger charge is -2.26. The molecule has 1 N–H and O–H groups in total. The van der Waals surface area contributed by atoms with Crippen LogP contribution in [0.4, 0.5) is 5.82 Å². The normalized spacial score (nSPS) is 15.4. The van der Waals surface area contributed by atoms with Gasteiger partial charge in [0.25, 0.3) is 0 Å². The summed E-state index contributed by atoms with van der Waals surface area (Å²) in [5.41, 5.74) is 3.02. The van der Waals surface area contributed by atoms with Gasteiger partial charge in [-0.15, -0.1) is 10.2 Å². The lowest BCUT2D eigenvalue weighted by atomic mass is 10.1. The van der Waals surface area contributed by atoms with Crippen molar-refractivity contribution in [1.82, 2.24) is 20.1 Å². The maximum absolute atomic E-state index is 5.37. The molecule has 1 fully saturated rings. The van der Waals surface area contributed by atoms with Gasteiger partial charge in [-0.3, -0.25) is 4.90 Å². The van der Waals surface area contributed by atoms with Crippen LogP contribution >= 0.6 is 0 Å². The summed E-state index contributed by atoms with van der Waals surface area (Å²) < 4.78 is 5.37. The van der Waals surface area contributed by atoms with Crippen molar-refractivity contribution in [2.75, 3.05) is 44.7 Å². The molecule has 0 unspecified atom stereocenters. The maximum Gasteiger partial charge on any atom is 0.183 e. The summed E-state index contributed by atoms with van der Waals surface area (Å²) in [5, 5.41) is 11.9. The van der Waals surface area contributed by atoms with Gasteiger partial charge in [-0.25, -0.2) is 4.98 Å². The lowest BCUT2D eigenvalue weighted by Crippen LogP contribution is -2.37. The van der Waals surface area contributed by atoms with E-state index < -0.39 is 0 Å². The number of anilines is 1. The summed E-state index contributed by atoms with van der Waals surface area (Å²) in [4.78, 5) is 7.09. The summed E-state index contributed by atoms with van der Waals surface area (Å²) in [5.74, 6) is 1.49. The third kappa shape index (κ3) is 4.49. The Bertz CT molecular complexity index is 670. The Morgan fingerprint density at radius 1 is 1.17 bits per heavy atom. The highest BCUT2D eigenvalue weighted by Gasteiger charge is 2.10. The van der Waals surface area contributed by atoms with Gasteiger partial charge >= 0.3 is 0 Å². The molecule has 0 atom stereocenters. The molecule has 0 saturated carbocycles. The molecule has 0 amide bonds. The van der Waals surface area contributed by atoms with Crippen LogP contribution in [0.5, 0.6) is 0 Å². The first kappa shape index (κ1) is 16.8. The molecular weight excluding hydrogens is 302 g/mol. The van der Waals surface area contributed by atoms with Crippen LogP contribution in [-0.2, 0) is 4.74 Å². The Hall–Kier alpha value is -2.05. The molecule has 24 heavy (non-hydrogen) atoms. The second kappa shape index (κ2) is 8.17. The standard InChI is InChI=1S/C18H25N5O/c1-14-5-3-6-16(13-14)18-20-17(15(2)21-22-18)19-7-4-8-23-9-11-24-12-10-23/h3,5-6,13H,4,7-12H2,1-2H3,(H,19,20,22). The molecule has 6 heteroatoms. The smallest absolute Gasteiger partial charge is 0.183 e. The second-order valence-electron chi connectivity index (χ2n) is 6.17. The number of benzene rings is 1. The lowest BCUT2D eigenvalue weighted by molar-refractivity contribution is 0.0378. The average Bonchev–Trinajstić information content (AvgIpc) is 2.61. The zero-order valence-corrected chi connectivity index (χ0v) is 14.5. The van der Waals surface area contributed by atoms with E-state index >= 15 is 0 Å². The number of hydrogen-bond acceptors (Lipinski definition) is 6. The Balaban J connectivity index is 1.57. The van der Waals surface area contributed by atoms with Gasteiger partial charge in [-0.2, -0.15) is 0 Å². The minimum absolute atomic E-state index is 0.667. The van der Waals surface area contributed by atoms with E-state index in [9.17, 15) is 0 Å². The van der Waals surface area contributed by atoms with E-state index in [-0.39, 0.29) is 0 Å². The quantitative estimate of drug-likeness (QED) is 0.821. The van der Waals surface area contributed by atoms with E-state index in [1.54, 1.807) is 0 Å². The zero-order chi connectivity index (χ0) is 16.8. The number of aromatic nitrogens is 3. The summed E-state index contributed by atoms with van der Waals surface area (Å²) >= 11 is 0. The molecule has 1 aliphatic rings. The molecule has 1 aliphatic heterocycles. The van der Waals surface area contributed by atoms with Gasteiger partial charge in [-0.05, 0) is 32.9 Å². The molecule has 128 valence electrons. The topological polar surface area (TPSA) is 63.2 Å². The molecule has 2 heterocycles. The van der Waals surface area contributed by atoms with Crippen LogP contribution in [0.1, 0.15) is 17.7 Å². The highest BCUT2D eigenvalue weighted by Crippen LogP contribution is 2.18. The van der Waals surface area contributed by atoms with E-state index in [1.807, 2.05) is 19.1 Å². The molecular formula is C18H25N5O. The van der Waals surface area contributed by atoms with Crippen LogP contribution in [0.3, 0.4) is 0 Å². The molecule has 6 nitrogen and oxygen atoms in total. The minimum Gasteiger partial charge on any atom is -0.379 e. The number of morpholine rings is 1. The number of rotatable bonds is 6. The van der Waals surface area contributed by atoms with Gasteiger partial charge in [0.15, 0.2) is 11.6 Å². The van der Waals surface area contributed by atoms with Crippen molar-refractivity contribution >= 4 is 5.82 Å². The Morgan fingerprint density at radius 2 is 2.00 bits per heavy atom. The van der Waals surface area contributed by atoms with E-state index in [0.29, 0.717) is 5.82 Å². The third-order valence-corrected chi connectivity index (χ3v) is 4.18. The van der Waals surface area contributed by atoms with Gasteiger partial charge in [0.1, 0.15) is 5.69 Å². The fourth-order valence-electron chi connectivity index (χ4n) is 2.79. The number of aryl methyl sites for hydroxylation is 2. The van der Waals surface area contributed by atoms with Gasteiger partial charge < -0.3 is 10.1 Å². The van der Waals surface area contributed by atoms with Gasteiger partial charge in [-0.1, -0.05) is 23.8 Å². The van der Waals surface area contributed by atoms with Crippen molar-refractivity contribution in [2.45, 2.75) is 20.3 Å². The summed E-state index contributed by atoms with van der Waals surface area (Å²) in [6.45, 7) is 9.73. The molecule has 0 spiro atoms. The first-order chi connectivity index (χ1) is 11.7. The minimum atomic E-state index is 0.667. The zero-order valence-electron chi connectivity index (χ0n) is 14.5. The Labute approximate surface area is 143 Å². The molecule has 0 bridgehead atoms. The predicted molar refractivity (Wildman–Crippen MR) is 95.1 cm³/mol. The SMILES string of the molecule is Cc1cccc(-c2nnc(C)c(NCCCN3CCOCC3)n2)c1.